The molecule has 3 nitrogen and oxygen atoms in total. The number of benzene rings is 2. The van der Waals surface area contributed by atoms with Crippen LogP contribution in [-0.2, 0) is 17.6 Å². The van der Waals surface area contributed by atoms with Gasteiger partial charge in [-0.3, -0.25) is 4.79 Å². The summed E-state index contributed by atoms with van der Waals surface area (Å²) in [4.78, 5) is 11.9. The van der Waals surface area contributed by atoms with E-state index in [1.54, 1.807) is 42.5 Å². The third-order valence-electron chi connectivity index (χ3n) is 2.82. The number of halogens is 2. The number of ether oxygens (including phenoxy) is 1. The molecule has 2 aromatic rings. The molecule has 0 unspecified atom stereocenters. The molecule has 0 aromatic heterocycles. The summed E-state index contributed by atoms with van der Waals surface area (Å²) < 4.78 is 5.22. The summed E-state index contributed by atoms with van der Waals surface area (Å²) in [6.45, 7) is 0. The van der Waals surface area contributed by atoms with Crippen LogP contribution in [0.25, 0.3) is 0 Å². The molecule has 106 valence electrons. The molecule has 0 amide bonds. The second-order valence-corrected chi connectivity index (χ2v) is 5.14. The number of hydrogen-bond acceptors (Lipinski definition) is 3. The van der Waals surface area contributed by atoms with Crippen LogP contribution in [0.1, 0.15) is 11.1 Å². The molecule has 0 aliphatic rings. The molecule has 2 aromatic carbocycles. The fourth-order valence-electron chi connectivity index (χ4n) is 1.78. The molecule has 0 atom stereocenters. The molecule has 5 heteroatoms. The Hall–Kier alpha value is -2.02. The Labute approximate surface area is 132 Å². The zero-order valence-electron chi connectivity index (χ0n) is 11.0. The molecular formula is C16H11Cl2NO2. The van der Waals surface area contributed by atoms with Crippen molar-refractivity contribution in [3.05, 3.63) is 63.6 Å². The third kappa shape index (κ3) is 4.22. The lowest BCUT2D eigenvalue weighted by atomic mass is 10.1. The zero-order chi connectivity index (χ0) is 15.2. The quantitative estimate of drug-likeness (QED) is 0.626. The summed E-state index contributed by atoms with van der Waals surface area (Å²) in [5, 5.41) is 9.46. The first-order valence-electron chi connectivity index (χ1n) is 6.19. The summed E-state index contributed by atoms with van der Waals surface area (Å²) in [6, 6.07) is 13.9. The van der Waals surface area contributed by atoms with Gasteiger partial charge in [0.2, 0.25) is 0 Å². The lowest BCUT2D eigenvalue weighted by Gasteiger charge is -2.07. The second-order valence-electron chi connectivity index (χ2n) is 4.33. The predicted molar refractivity (Wildman–Crippen MR) is 81.6 cm³/mol. The van der Waals surface area contributed by atoms with Crippen molar-refractivity contribution in [3.63, 3.8) is 0 Å². The highest BCUT2D eigenvalue weighted by Gasteiger charge is 2.12. The van der Waals surface area contributed by atoms with E-state index < -0.39 is 5.97 Å². The number of nitrogens with zero attached hydrogens (tertiary/aromatic N) is 1. The molecule has 0 fully saturated rings. The fourth-order valence-corrected chi connectivity index (χ4v) is 2.31. The maximum absolute atomic E-state index is 11.9. The Balaban J connectivity index is 2.03. The Morgan fingerprint density at radius 1 is 1.10 bits per heavy atom. The molecule has 0 bridgehead atoms. The van der Waals surface area contributed by atoms with E-state index in [0.717, 1.165) is 5.56 Å². The SMILES string of the molecule is N#CCc1ccc(OC(=O)Cc2c(Cl)cccc2Cl)cc1. The predicted octanol–water partition coefficient (Wildman–Crippen LogP) is 4.21. The Morgan fingerprint density at radius 2 is 1.71 bits per heavy atom. The highest BCUT2D eigenvalue weighted by Crippen LogP contribution is 2.25. The standard InChI is InChI=1S/C16H11Cl2NO2/c17-14-2-1-3-15(18)13(14)10-16(20)21-12-6-4-11(5-7-12)8-9-19/h1-7H,8,10H2. The zero-order valence-corrected chi connectivity index (χ0v) is 12.5. The Bertz CT molecular complexity index is 670. The van der Waals surface area contributed by atoms with Crippen molar-refractivity contribution in [1.82, 2.24) is 0 Å². The Kier molecular flexibility index (Phi) is 5.21. The van der Waals surface area contributed by atoms with Gasteiger partial charge in [0.1, 0.15) is 5.75 Å². The van der Waals surface area contributed by atoms with Crippen molar-refractivity contribution in [2.75, 3.05) is 0 Å². The van der Waals surface area contributed by atoms with E-state index in [1.807, 2.05) is 0 Å². The van der Waals surface area contributed by atoms with Gasteiger partial charge in [-0.2, -0.15) is 5.26 Å². The summed E-state index contributed by atoms with van der Waals surface area (Å²) in [7, 11) is 0. The smallest absolute Gasteiger partial charge is 0.315 e. The van der Waals surface area contributed by atoms with Gasteiger partial charge in [0.25, 0.3) is 0 Å². The number of rotatable bonds is 4. The fraction of sp³-hybridized carbons (Fsp3) is 0.125. The van der Waals surface area contributed by atoms with Crippen molar-refractivity contribution < 1.29 is 9.53 Å². The molecule has 0 radical (unpaired) electrons. The summed E-state index contributed by atoms with van der Waals surface area (Å²) in [6.07, 6.45) is 0.321. The van der Waals surface area contributed by atoms with Crippen LogP contribution in [0.2, 0.25) is 10.0 Å². The molecule has 0 spiro atoms. The monoisotopic (exact) mass is 319 g/mol. The van der Waals surface area contributed by atoms with Crippen LogP contribution in [0.15, 0.2) is 42.5 Å². The van der Waals surface area contributed by atoms with Crippen LogP contribution >= 0.6 is 23.2 Å². The molecule has 2 rings (SSSR count). The van der Waals surface area contributed by atoms with E-state index >= 15 is 0 Å². The number of esters is 1. The first-order chi connectivity index (χ1) is 10.1. The lowest BCUT2D eigenvalue weighted by molar-refractivity contribution is -0.133. The molecule has 0 N–H and O–H groups in total. The molecular weight excluding hydrogens is 309 g/mol. The average molecular weight is 320 g/mol. The molecule has 0 aliphatic heterocycles. The summed E-state index contributed by atoms with van der Waals surface area (Å²) in [5.41, 5.74) is 1.42. The first kappa shape index (κ1) is 15.4. The van der Waals surface area contributed by atoms with E-state index in [0.29, 0.717) is 27.8 Å². The van der Waals surface area contributed by atoms with Gasteiger partial charge in [0, 0.05) is 15.6 Å². The number of carbonyl (C=O) groups excluding carboxylic acids is 1. The number of carbonyl (C=O) groups is 1. The first-order valence-corrected chi connectivity index (χ1v) is 6.95. The van der Waals surface area contributed by atoms with Crippen molar-refractivity contribution in [2.45, 2.75) is 12.8 Å². The van der Waals surface area contributed by atoms with E-state index in [1.165, 1.54) is 0 Å². The van der Waals surface area contributed by atoms with Gasteiger partial charge in [-0.1, -0.05) is 41.4 Å². The minimum absolute atomic E-state index is 0.00153. The van der Waals surface area contributed by atoms with Crippen molar-refractivity contribution >= 4 is 29.2 Å². The van der Waals surface area contributed by atoms with Gasteiger partial charge in [-0.15, -0.1) is 0 Å². The minimum atomic E-state index is -0.446. The number of nitriles is 1. The Morgan fingerprint density at radius 3 is 2.29 bits per heavy atom. The highest BCUT2D eigenvalue weighted by molar-refractivity contribution is 6.36. The minimum Gasteiger partial charge on any atom is -0.426 e. The van der Waals surface area contributed by atoms with Gasteiger partial charge in [0.15, 0.2) is 0 Å². The van der Waals surface area contributed by atoms with Crippen LogP contribution in [0.3, 0.4) is 0 Å². The summed E-state index contributed by atoms with van der Waals surface area (Å²) in [5.74, 6) is -0.0251. The van der Waals surface area contributed by atoms with Gasteiger partial charge in [-0.05, 0) is 29.8 Å². The van der Waals surface area contributed by atoms with Crippen LogP contribution in [0.5, 0.6) is 5.75 Å². The van der Waals surface area contributed by atoms with E-state index in [9.17, 15) is 4.79 Å². The van der Waals surface area contributed by atoms with Crippen molar-refractivity contribution in [2.24, 2.45) is 0 Å². The topological polar surface area (TPSA) is 50.1 Å². The molecule has 0 saturated carbocycles. The molecule has 21 heavy (non-hydrogen) atoms. The van der Waals surface area contributed by atoms with Gasteiger partial charge in [-0.25, -0.2) is 0 Å². The van der Waals surface area contributed by atoms with Crippen molar-refractivity contribution in [1.29, 1.82) is 5.26 Å². The van der Waals surface area contributed by atoms with E-state index in [-0.39, 0.29) is 6.42 Å². The van der Waals surface area contributed by atoms with Crippen LogP contribution < -0.4 is 4.74 Å². The van der Waals surface area contributed by atoms with E-state index in [4.69, 9.17) is 33.2 Å². The van der Waals surface area contributed by atoms with Crippen LogP contribution in [-0.4, -0.2) is 5.97 Å². The summed E-state index contributed by atoms with van der Waals surface area (Å²) >= 11 is 12.0. The maximum atomic E-state index is 11.9. The third-order valence-corrected chi connectivity index (χ3v) is 3.53. The second kappa shape index (κ2) is 7.12. The van der Waals surface area contributed by atoms with Crippen molar-refractivity contribution in [3.8, 4) is 11.8 Å². The van der Waals surface area contributed by atoms with Crippen LogP contribution in [0, 0.1) is 11.3 Å². The highest BCUT2D eigenvalue weighted by atomic mass is 35.5. The normalized spacial score (nSPS) is 9.95. The van der Waals surface area contributed by atoms with Gasteiger partial charge >= 0.3 is 5.97 Å². The largest absolute Gasteiger partial charge is 0.426 e. The van der Waals surface area contributed by atoms with Crippen LogP contribution in [0.4, 0.5) is 0 Å². The maximum Gasteiger partial charge on any atom is 0.315 e. The average Bonchev–Trinajstić information content (AvgIpc) is 2.45. The lowest BCUT2D eigenvalue weighted by Crippen LogP contribution is -2.12. The van der Waals surface area contributed by atoms with Gasteiger partial charge < -0.3 is 4.74 Å². The molecule has 0 aliphatic carbocycles. The molecule has 0 saturated heterocycles. The van der Waals surface area contributed by atoms with E-state index in [2.05, 4.69) is 6.07 Å². The molecule has 0 heterocycles. The number of hydrogen-bond donors (Lipinski definition) is 0. The van der Waals surface area contributed by atoms with Gasteiger partial charge in [0.05, 0.1) is 18.9 Å².